The van der Waals surface area contributed by atoms with Gasteiger partial charge in [0.05, 0.1) is 7.11 Å². The molecule has 39 heavy (non-hydrogen) atoms. The third kappa shape index (κ3) is 5.34. The Labute approximate surface area is 223 Å². The molecule has 1 N–H and O–H groups in total. The summed E-state index contributed by atoms with van der Waals surface area (Å²) in [5.41, 5.74) is -0.0401. The van der Waals surface area contributed by atoms with Crippen LogP contribution in [0.1, 0.15) is 47.1 Å². The first-order chi connectivity index (χ1) is 18.4. The maximum absolute atomic E-state index is 13.9. The number of alkyl halides is 2. The standard InChI is InChI=1S/C25H26F2N4O7S/c1-14(2)16-7-5-6-8-17(16)25(23(33)29-18-10-9-15(3)28-21(18)37-24(26)27)12-31(13-25)39(34,35)20-11-19(30-38-20)22(32)36-4/h5-11,14,24H,12-13H2,1-4H3,(H,29,33). The Hall–Kier alpha value is -3.91. The Morgan fingerprint density at radius 3 is 2.49 bits per heavy atom. The molecular weight excluding hydrogens is 538 g/mol. The van der Waals surface area contributed by atoms with Crippen molar-refractivity contribution in [3.8, 4) is 5.88 Å². The van der Waals surface area contributed by atoms with Crippen molar-refractivity contribution in [3.05, 3.63) is 65.0 Å². The van der Waals surface area contributed by atoms with Crippen LogP contribution in [0, 0.1) is 6.92 Å². The molecule has 0 spiro atoms. The average Bonchev–Trinajstić information content (AvgIpc) is 3.36. The molecule has 1 aliphatic heterocycles. The second-order valence-electron chi connectivity index (χ2n) is 9.26. The molecule has 0 radical (unpaired) electrons. The van der Waals surface area contributed by atoms with Crippen LogP contribution < -0.4 is 10.1 Å². The molecule has 1 saturated heterocycles. The number of hydrogen-bond acceptors (Lipinski definition) is 9. The first-order valence-corrected chi connectivity index (χ1v) is 13.2. The monoisotopic (exact) mass is 564 g/mol. The predicted octanol–water partition coefficient (Wildman–Crippen LogP) is 3.47. The van der Waals surface area contributed by atoms with Gasteiger partial charge in [-0.2, -0.15) is 13.1 Å². The van der Waals surface area contributed by atoms with E-state index in [0.717, 1.165) is 23.0 Å². The van der Waals surface area contributed by atoms with E-state index in [2.05, 4.69) is 24.9 Å². The summed E-state index contributed by atoms with van der Waals surface area (Å²) in [6.07, 6.45) is 0. The summed E-state index contributed by atoms with van der Waals surface area (Å²) < 4.78 is 67.5. The van der Waals surface area contributed by atoms with Gasteiger partial charge in [0.1, 0.15) is 11.1 Å². The second-order valence-corrected chi connectivity index (χ2v) is 11.1. The highest BCUT2D eigenvalue weighted by Crippen LogP contribution is 2.42. The van der Waals surface area contributed by atoms with Gasteiger partial charge in [-0.15, -0.1) is 0 Å². The molecule has 1 aromatic carbocycles. The third-order valence-electron chi connectivity index (χ3n) is 6.35. The first-order valence-electron chi connectivity index (χ1n) is 11.8. The van der Waals surface area contributed by atoms with Gasteiger partial charge in [0.15, 0.2) is 5.69 Å². The minimum atomic E-state index is -4.29. The van der Waals surface area contributed by atoms with Gasteiger partial charge in [-0.05, 0) is 36.1 Å². The summed E-state index contributed by atoms with van der Waals surface area (Å²) in [5, 5.41) is 5.46. The Balaban J connectivity index is 1.71. The number of halogens is 2. The van der Waals surface area contributed by atoms with Crippen molar-refractivity contribution in [2.24, 2.45) is 0 Å². The van der Waals surface area contributed by atoms with Gasteiger partial charge >= 0.3 is 12.6 Å². The number of aromatic nitrogens is 2. The minimum Gasteiger partial charge on any atom is -0.464 e. The van der Waals surface area contributed by atoms with Crippen LogP contribution in [0.4, 0.5) is 14.5 Å². The van der Waals surface area contributed by atoms with Crippen LogP contribution in [-0.2, 0) is 25.0 Å². The number of amides is 1. The molecule has 0 bridgehead atoms. The number of carbonyl (C=O) groups is 2. The molecule has 0 unspecified atom stereocenters. The van der Waals surface area contributed by atoms with Crippen LogP contribution in [0.2, 0.25) is 0 Å². The quantitative estimate of drug-likeness (QED) is 0.387. The zero-order valence-corrected chi connectivity index (χ0v) is 22.3. The van der Waals surface area contributed by atoms with E-state index in [4.69, 9.17) is 4.52 Å². The molecule has 11 nitrogen and oxygen atoms in total. The zero-order chi connectivity index (χ0) is 28.5. The van der Waals surface area contributed by atoms with Gasteiger partial charge in [0.25, 0.3) is 15.1 Å². The zero-order valence-electron chi connectivity index (χ0n) is 21.5. The van der Waals surface area contributed by atoms with Crippen molar-refractivity contribution in [1.82, 2.24) is 14.4 Å². The maximum atomic E-state index is 13.9. The van der Waals surface area contributed by atoms with Crippen LogP contribution in [0.3, 0.4) is 0 Å². The molecule has 0 atom stereocenters. The van der Waals surface area contributed by atoms with E-state index < -0.39 is 44.9 Å². The van der Waals surface area contributed by atoms with Crippen molar-refractivity contribution in [3.63, 3.8) is 0 Å². The van der Waals surface area contributed by atoms with Crippen molar-refractivity contribution in [2.75, 3.05) is 25.5 Å². The summed E-state index contributed by atoms with van der Waals surface area (Å²) >= 11 is 0. The number of hydrogen-bond donors (Lipinski definition) is 1. The normalized spacial score (nSPS) is 15.2. The number of pyridine rings is 1. The smallest absolute Gasteiger partial charge is 0.388 e. The van der Waals surface area contributed by atoms with Crippen LogP contribution >= 0.6 is 0 Å². The van der Waals surface area contributed by atoms with Crippen LogP contribution in [0.15, 0.2) is 52.1 Å². The minimum absolute atomic E-state index is 0.0211. The second kappa shape index (κ2) is 10.7. The number of rotatable bonds is 9. The summed E-state index contributed by atoms with van der Waals surface area (Å²) in [7, 11) is -3.18. The molecule has 1 fully saturated rings. The molecule has 208 valence electrons. The van der Waals surface area contributed by atoms with Gasteiger partial charge < -0.3 is 19.3 Å². The largest absolute Gasteiger partial charge is 0.464 e. The van der Waals surface area contributed by atoms with Gasteiger partial charge in [-0.3, -0.25) is 4.79 Å². The van der Waals surface area contributed by atoms with E-state index >= 15 is 0 Å². The molecule has 0 saturated carbocycles. The lowest BCUT2D eigenvalue weighted by Crippen LogP contribution is -2.66. The van der Waals surface area contributed by atoms with E-state index in [1.807, 2.05) is 19.9 Å². The van der Waals surface area contributed by atoms with Crippen molar-refractivity contribution >= 4 is 27.6 Å². The van der Waals surface area contributed by atoms with E-state index in [1.54, 1.807) is 25.1 Å². The number of nitrogens with zero attached hydrogens (tertiary/aromatic N) is 3. The third-order valence-corrected chi connectivity index (χ3v) is 7.99. The summed E-state index contributed by atoms with van der Waals surface area (Å²) in [6.45, 7) is 1.66. The van der Waals surface area contributed by atoms with E-state index in [0.29, 0.717) is 11.3 Å². The Morgan fingerprint density at radius 1 is 1.15 bits per heavy atom. The molecule has 2 aromatic heterocycles. The highest BCUT2D eigenvalue weighted by Gasteiger charge is 2.56. The fourth-order valence-corrected chi connectivity index (χ4v) is 5.78. The molecule has 4 rings (SSSR count). The fourth-order valence-electron chi connectivity index (χ4n) is 4.35. The maximum Gasteiger partial charge on any atom is 0.388 e. The van der Waals surface area contributed by atoms with Crippen molar-refractivity contribution < 1.29 is 40.8 Å². The van der Waals surface area contributed by atoms with Gasteiger partial charge in [0.2, 0.25) is 11.8 Å². The number of anilines is 1. The lowest BCUT2D eigenvalue weighted by atomic mass is 9.71. The molecule has 3 heterocycles. The highest BCUT2D eigenvalue weighted by molar-refractivity contribution is 7.89. The Bertz CT molecular complexity index is 1500. The van der Waals surface area contributed by atoms with Crippen LogP contribution in [0.5, 0.6) is 5.88 Å². The average molecular weight is 565 g/mol. The molecule has 0 aliphatic carbocycles. The lowest BCUT2D eigenvalue weighted by molar-refractivity contribution is -0.125. The summed E-state index contributed by atoms with van der Waals surface area (Å²) in [6, 6.07) is 10.9. The first kappa shape index (κ1) is 28.1. The van der Waals surface area contributed by atoms with E-state index in [1.165, 1.54) is 12.1 Å². The Kier molecular flexibility index (Phi) is 7.70. The number of methoxy groups -OCH3 is 1. The van der Waals surface area contributed by atoms with E-state index in [-0.39, 0.29) is 30.4 Å². The molecule has 14 heteroatoms. The number of benzene rings is 1. The summed E-state index contributed by atoms with van der Waals surface area (Å²) in [4.78, 5) is 29.5. The summed E-state index contributed by atoms with van der Waals surface area (Å²) in [5.74, 6) is -2.00. The van der Waals surface area contributed by atoms with Gasteiger partial charge in [0, 0.05) is 24.8 Å². The molecular formula is C25H26F2N4O7S. The molecule has 3 aromatic rings. The number of ether oxygens (including phenoxy) is 2. The van der Waals surface area contributed by atoms with Crippen LogP contribution in [-0.4, -0.2) is 61.6 Å². The number of nitrogens with one attached hydrogen (secondary N) is 1. The Morgan fingerprint density at radius 2 is 1.85 bits per heavy atom. The number of esters is 1. The SMILES string of the molecule is COC(=O)c1cc(S(=O)(=O)N2CC(C(=O)Nc3ccc(C)nc3OC(F)F)(c3ccccc3C(C)C)C2)on1. The van der Waals surface area contributed by atoms with Crippen molar-refractivity contribution in [1.29, 1.82) is 0 Å². The van der Waals surface area contributed by atoms with Crippen molar-refractivity contribution in [2.45, 2.75) is 43.8 Å². The number of aryl methyl sites for hydroxylation is 1. The van der Waals surface area contributed by atoms with E-state index in [9.17, 15) is 26.8 Å². The highest BCUT2D eigenvalue weighted by atomic mass is 32.2. The molecule has 1 amide bonds. The number of carbonyl (C=O) groups excluding carboxylic acids is 2. The predicted molar refractivity (Wildman–Crippen MR) is 133 cm³/mol. The van der Waals surface area contributed by atoms with Gasteiger partial charge in [-0.25, -0.2) is 18.2 Å². The van der Waals surface area contributed by atoms with Gasteiger partial charge in [-0.1, -0.05) is 43.3 Å². The fraction of sp³-hybridized carbons (Fsp3) is 0.360. The topological polar surface area (TPSA) is 141 Å². The van der Waals surface area contributed by atoms with Crippen LogP contribution in [0.25, 0.3) is 0 Å². The lowest BCUT2D eigenvalue weighted by Gasteiger charge is -2.48. The number of sulfonamides is 1. The molecule has 1 aliphatic rings.